The summed E-state index contributed by atoms with van der Waals surface area (Å²) in [5, 5.41) is 21.4. The Bertz CT molecular complexity index is 835. The first-order chi connectivity index (χ1) is 12.5. The van der Waals surface area contributed by atoms with Crippen molar-refractivity contribution in [1.29, 1.82) is 0 Å². The van der Waals surface area contributed by atoms with Gasteiger partial charge < -0.3 is 25.0 Å². The van der Waals surface area contributed by atoms with Crippen molar-refractivity contribution in [2.45, 2.75) is 24.9 Å². The Balaban J connectivity index is 1.71. The molecule has 1 aliphatic heterocycles. The van der Waals surface area contributed by atoms with Crippen molar-refractivity contribution < 1.29 is 24.5 Å². The first-order valence-corrected chi connectivity index (χ1v) is 8.01. The molecule has 1 aromatic heterocycles. The molecule has 0 radical (unpaired) electrons. The minimum absolute atomic E-state index is 0.101. The standard InChI is InChI=1S/C17H19N3O6/c1-25-11-4-2-10(3-5-11)16(23)18-14-6-7-20(17(24)19-14)15-8-12(22)13(9-21)26-15/h2-7,12-13,15,21-22H,8-9H2,1H3,(H,18,19,23,24)/t12-,13+,15?/m1/s1. The maximum absolute atomic E-state index is 12.2. The van der Waals surface area contributed by atoms with Crippen LogP contribution in [0.25, 0.3) is 0 Å². The van der Waals surface area contributed by atoms with E-state index < -0.39 is 30.0 Å². The number of ether oxygens (including phenoxy) is 2. The molecule has 3 rings (SSSR count). The van der Waals surface area contributed by atoms with Crippen LogP contribution in [-0.4, -0.2) is 51.6 Å². The highest BCUT2D eigenvalue weighted by atomic mass is 16.5. The first-order valence-electron chi connectivity index (χ1n) is 8.01. The van der Waals surface area contributed by atoms with Crippen LogP contribution in [0, 0.1) is 0 Å². The molecule has 2 heterocycles. The van der Waals surface area contributed by atoms with Crippen molar-refractivity contribution in [3.05, 3.63) is 52.6 Å². The second kappa shape index (κ2) is 7.65. The van der Waals surface area contributed by atoms with Gasteiger partial charge in [0.15, 0.2) is 0 Å². The van der Waals surface area contributed by atoms with E-state index in [2.05, 4.69) is 10.3 Å². The SMILES string of the molecule is COc1ccc(C(=O)Nc2ccn(C3C[C@@H](O)[C@H](CO)O3)c(=O)n2)cc1. The van der Waals surface area contributed by atoms with Crippen molar-refractivity contribution in [1.82, 2.24) is 9.55 Å². The molecule has 0 saturated carbocycles. The molecular formula is C17H19N3O6. The highest BCUT2D eigenvalue weighted by molar-refractivity contribution is 6.03. The molecule has 26 heavy (non-hydrogen) atoms. The molecule has 0 bridgehead atoms. The number of methoxy groups -OCH3 is 1. The van der Waals surface area contributed by atoms with Crippen LogP contribution in [-0.2, 0) is 4.74 Å². The predicted molar refractivity (Wildman–Crippen MR) is 91.1 cm³/mol. The molecule has 1 aliphatic rings. The van der Waals surface area contributed by atoms with Gasteiger partial charge >= 0.3 is 5.69 Å². The average molecular weight is 361 g/mol. The van der Waals surface area contributed by atoms with Gasteiger partial charge in [0.1, 0.15) is 23.9 Å². The van der Waals surface area contributed by atoms with Crippen LogP contribution in [0.5, 0.6) is 5.75 Å². The lowest BCUT2D eigenvalue weighted by atomic mass is 10.2. The molecule has 1 amide bonds. The van der Waals surface area contributed by atoms with Crippen molar-refractivity contribution in [3.8, 4) is 5.75 Å². The van der Waals surface area contributed by atoms with Gasteiger partial charge in [-0.25, -0.2) is 4.79 Å². The van der Waals surface area contributed by atoms with E-state index in [1.54, 1.807) is 24.3 Å². The van der Waals surface area contributed by atoms with Crippen LogP contribution >= 0.6 is 0 Å². The van der Waals surface area contributed by atoms with Crippen LogP contribution < -0.4 is 15.7 Å². The third-order valence-corrected chi connectivity index (χ3v) is 4.12. The molecule has 0 aliphatic carbocycles. The number of benzene rings is 1. The fourth-order valence-electron chi connectivity index (χ4n) is 2.68. The number of aromatic nitrogens is 2. The Kier molecular flexibility index (Phi) is 5.31. The van der Waals surface area contributed by atoms with Gasteiger partial charge in [0, 0.05) is 18.2 Å². The van der Waals surface area contributed by atoms with E-state index in [-0.39, 0.29) is 18.8 Å². The molecule has 1 aromatic carbocycles. The highest BCUT2D eigenvalue weighted by Gasteiger charge is 2.34. The number of hydrogen-bond acceptors (Lipinski definition) is 7. The number of aliphatic hydroxyl groups excluding tert-OH is 2. The average Bonchev–Trinajstić information content (AvgIpc) is 3.02. The summed E-state index contributed by atoms with van der Waals surface area (Å²) in [5.74, 6) is 0.316. The van der Waals surface area contributed by atoms with Crippen LogP contribution in [0.2, 0.25) is 0 Å². The number of nitrogens with one attached hydrogen (secondary N) is 1. The number of anilines is 1. The van der Waals surface area contributed by atoms with Crippen LogP contribution in [0.4, 0.5) is 5.82 Å². The summed E-state index contributed by atoms with van der Waals surface area (Å²) in [6, 6.07) is 7.96. The Morgan fingerprint density at radius 3 is 2.69 bits per heavy atom. The predicted octanol–water partition coefficient (Wildman–Crippen LogP) is 0.145. The number of carbonyl (C=O) groups excluding carboxylic acids is 1. The molecule has 1 fully saturated rings. The van der Waals surface area contributed by atoms with Gasteiger partial charge in [0.05, 0.1) is 19.8 Å². The number of hydrogen-bond donors (Lipinski definition) is 3. The van der Waals surface area contributed by atoms with Gasteiger partial charge in [0.2, 0.25) is 0 Å². The second-order valence-electron chi connectivity index (χ2n) is 5.80. The van der Waals surface area contributed by atoms with Gasteiger partial charge in [0.25, 0.3) is 5.91 Å². The van der Waals surface area contributed by atoms with E-state index in [1.165, 1.54) is 23.9 Å². The van der Waals surface area contributed by atoms with Gasteiger partial charge in [-0.1, -0.05) is 0 Å². The number of amides is 1. The van der Waals surface area contributed by atoms with Crippen molar-refractivity contribution in [2.75, 3.05) is 19.0 Å². The zero-order chi connectivity index (χ0) is 18.7. The maximum atomic E-state index is 12.2. The lowest BCUT2D eigenvalue weighted by Crippen LogP contribution is -2.28. The summed E-state index contributed by atoms with van der Waals surface area (Å²) >= 11 is 0. The molecule has 9 heteroatoms. The maximum Gasteiger partial charge on any atom is 0.351 e. The number of rotatable bonds is 5. The highest BCUT2D eigenvalue weighted by Crippen LogP contribution is 2.27. The monoisotopic (exact) mass is 361 g/mol. The fraction of sp³-hybridized carbons (Fsp3) is 0.353. The van der Waals surface area contributed by atoms with E-state index >= 15 is 0 Å². The van der Waals surface area contributed by atoms with Crippen LogP contribution in [0.15, 0.2) is 41.3 Å². The Morgan fingerprint density at radius 2 is 2.12 bits per heavy atom. The lowest BCUT2D eigenvalue weighted by Gasteiger charge is -2.14. The molecule has 3 atom stereocenters. The van der Waals surface area contributed by atoms with Gasteiger partial charge in [-0.05, 0) is 30.3 Å². The number of nitrogens with zero attached hydrogens (tertiary/aromatic N) is 2. The molecule has 1 saturated heterocycles. The van der Waals surface area contributed by atoms with Crippen LogP contribution in [0.1, 0.15) is 23.0 Å². The Morgan fingerprint density at radius 1 is 1.38 bits per heavy atom. The summed E-state index contributed by atoms with van der Waals surface area (Å²) in [6.07, 6.45) is -0.707. The van der Waals surface area contributed by atoms with E-state index in [1.807, 2.05) is 0 Å². The normalized spacial score (nSPS) is 22.2. The van der Waals surface area contributed by atoms with E-state index in [0.29, 0.717) is 11.3 Å². The van der Waals surface area contributed by atoms with Crippen LogP contribution in [0.3, 0.4) is 0 Å². The van der Waals surface area contributed by atoms with Crippen molar-refractivity contribution >= 4 is 11.7 Å². The Labute approximate surface area is 148 Å². The number of aliphatic hydroxyl groups is 2. The minimum Gasteiger partial charge on any atom is -0.497 e. The molecule has 1 unspecified atom stereocenters. The van der Waals surface area contributed by atoms with E-state index in [0.717, 1.165) is 0 Å². The first kappa shape index (κ1) is 18.1. The third kappa shape index (κ3) is 3.74. The topological polar surface area (TPSA) is 123 Å². The third-order valence-electron chi connectivity index (χ3n) is 4.12. The van der Waals surface area contributed by atoms with Gasteiger partial charge in [-0.15, -0.1) is 0 Å². The largest absolute Gasteiger partial charge is 0.497 e. The molecule has 2 aromatic rings. The van der Waals surface area contributed by atoms with Gasteiger partial charge in [-0.2, -0.15) is 4.98 Å². The smallest absolute Gasteiger partial charge is 0.351 e. The minimum atomic E-state index is -0.855. The zero-order valence-corrected chi connectivity index (χ0v) is 14.0. The second-order valence-corrected chi connectivity index (χ2v) is 5.80. The van der Waals surface area contributed by atoms with Crippen molar-refractivity contribution in [3.63, 3.8) is 0 Å². The zero-order valence-electron chi connectivity index (χ0n) is 14.0. The summed E-state index contributed by atoms with van der Waals surface area (Å²) in [6.45, 7) is -0.337. The van der Waals surface area contributed by atoms with E-state index in [9.17, 15) is 14.7 Å². The summed E-state index contributed by atoms with van der Waals surface area (Å²) in [5.41, 5.74) is -0.238. The van der Waals surface area contributed by atoms with Gasteiger partial charge in [-0.3, -0.25) is 9.36 Å². The summed E-state index contributed by atoms with van der Waals surface area (Å²) < 4.78 is 11.7. The molecular weight excluding hydrogens is 342 g/mol. The molecule has 9 nitrogen and oxygen atoms in total. The summed E-state index contributed by atoms with van der Waals surface area (Å²) in [7, 11) is 1.53. The Hall–Kier alpha value is -2.75. The molecule has 0 spiro atoms. The quantitative estimate of drug-likeness (QED) is 0.692. The van der Waals surface area contributed by atoms with Crippen molar-refractivity contribution in [2.24, 2.45) is 0 Å². The summed E-state index contributed by atoms with van der Waals surface area (Å²) in [4.78, 5) is 28.2. The fourth-order valence-corrected chi connectivity index (χ4v) is 2.68. The number of carbonyl (C=O) groups is 1. The molecule has 3 N–H and O–H groups in total. The molecule has 138 valence electrons. The van der Waals surface area contributed by atoms with E-state index in [4.69, 9.17) is 14.6 Å². The lowest BCUT2D eigenvalue weighted by molar-refractivity contribution is -0.0458.